The molecule has 2 aliphatic rings. The molecular weight excluding hydrogens is 572 g/mol. The fraction of sp³-hybridized carbons (Fsp3) is 0.433. The molecular formula is C30H35BrN6O3. The third kappa shape index (κ3) is 5.04. The Bertz CT molecular complexity index is 1600. The van der Waals surface area contributed by atoms with Crippen LogP contribution in [0.3, 0.4) is 0 Å². The van der Waals surface area contributed by atoms with Crippen LogP contribution in [0.5, 0.6) is 0 Å². The number of β-amino-alcohol motifs (C(OH)–C–C–N with tert-alkyl or cyclic N) is 1. The predicted molar refractivity (Wildman–Crippen MR) is 158 cm³/mol. The van der Waals surface area contributed by atoms with Crippen molar-refractivity contribution in [1.29, 1.82) is 0 Å². The highest BCUT2D eigenvalue weighted by Gasteiger charge is 2.29. The van der Waals surface area contributed by atoms with Gasteiger partial charge in [0.2, 0.25) is 5.91 Å². The number of imidazole rings is 1. The second-order valence-corrected chi connectivity index (χ2v) is 12.0. The van der Waals surface area contributed by atoms with Gasteiger partial charge in [0.1, 0.15) is 0 Å². The summed E-state index contributed by atoms with van der Waals surface area (Å²) in [6, 6.07) is 16.2. The predicted octanol–water partition coefficient (Wildman–Crippen LogP) is 3.57. The molecule has 10 heteroatoms. The van der Waals surface area contributed by atoms with Gasteiger partial charge < -0.3 is 14.9 Å². The molecule has 40 heavy (non-hydrogen) atoms. The van der Waals surface area contributed by atoms with Crippen molar-refractivity contribution >= 4 is 32.9 Å². The van der Waals surface area contributed by atoms with Gasteiger partial charge in [-0.25, -0.2) is 4.79 Å². The number of piperidine rings is 1. The van der Waals surface area contributed by atoms with E-state index in [1.54, 1.807) is 11.5 Å². The number of para-hydroxylation sites is 2. The van der Waals surface area contributed by atoms with Crippen molar-refractivity contribution in [2.45, 2.75) is 51.4 Å². The number of aromatic nitrogens is 4. The largest absolute Gasteiger partial charge is 0.390 e. The summed E-state index contributed by atoms with van der Waals surface area (Å²) in [5.74, 6) is 0.0642. The zero-order valence-corrected chi connectivity index (χ0v) is 24.5. The first-order chi connectivity index (χ1) is 19.3. The van der Waals surface area contributed by atoms with Crippen LogP contribution in [0.15, 0.2) is 57.8 Å². The van der Waals surface area contributed by atoms with Gasteiger partial charge in [0.05, 0.1) is 29.4 Å². The number of hydrogen-bond donors (Lipinski definition) is 1. The monoisotopic (exact) mass is 606 g/mol. The number of nitrogens with zero attached hydrogens (tertiary/aromatic N) is 6. The second kappa shape index (κ2) is 11.0. The summed E-state index contributed by atoms with van der Waals surface area (Å²) >= 11 is 3.50. The number of likely N-dealkylation sites (tertiary alicyclic amines) is 1. The van der Waals surface area contributed by atoms with Crippen molar-refractivity contribution in [3.8, 4) is 11.3 Å². The minimum absolute atomic E-state index is 0.0352. The number of carbonyl (C=O) groups excluding carboxylic acids is 1. The first-order valence-corrected chi connectivity index (χ1v) is 14.8. The molecule has 2 aromatic heterocycles. The van der Waals surface area contributed by atoms with Crippen molar-refractivity contribution in [1.82, 2.24) is 28.7 Å². The van der Waals surface area contributed by atoms with Crippen LogP contribution in [-0.4, -0.2) is 72.0 Å². The van der Waals surface area contributed by atoms with E-state index >= 15 is 0 Å². The Morgan fingerprint density at radius 2 is 1.75 bits per heavy atom. The van der Waals surface area contributed by atoms with Gasteiger partial charge in [-0.05, 0) is 37.1 Å². The zero-order valence-electron chi connectivity index (χ0n) is 23.0. The number of hydrogen-bond acceptors (Lipinski definition) is 5. The molecule has 4 aromatic rings. The first-order valence-electron chi connectivity index (χ1n) is 14.0. The molecule has 1 fully saturated rings. The molecule has 0 radical (unpaired) electrons. The van der Waals surface area contributed by atoms with Crippen molar-refractivity contribution in [3.05, 3.63) is 74.7 Å². The van der Waals surface area contributed by atoms with E-state index in [1.807, 2.05) is 69.7 Å². The van der Waals surface area contributed by atoms with Crippen molar-refractivity contribution in [2.75, 3.05) is 26.2 Å². The van der Waals surface area contributed by atoms with Gasteiger partial charge in [0.25, 0.3) is 0 Å². The summed E-state index contributed by atoms with van der Waals surface area (Å²) in [6.45, 7) is 5.41. The lowest BCUT2D eigenvalue weighted by molar-refractivity contribution is -0.129. The highest BCUT2D eigenvalue weighted by Crippen LogP contribution is 2.31. The first kappa shape index (κ1) is 27.0. The number of fused-ring (bicyclic) bond motifs is 2. The van der Waals surface area contributed by atoms with Crippen LogP contribution in [0.25, 0.3) is 22.3 Å². The highest BCUT2D eigenvalue weighted by atomic mass is 79.9. The van der Waals surface area contributed by atoms with E-state index in [4.69, 9.17) is 5.10 Å². The molecule has 1 saturated heterocycles. The lowest BCUT2D eigenvalue weighted by Crippen LogP contribution is -2.42. The van der Waals surface area contributed by atoms with Gasteiger partial charge in [-0.3, -0.25) is 18.6 Å². The summed E-state index contributed by atoms with van der Waals surface area (Å²) in [6.07, 6.45) is 1.87. The molecule has 0 aliphatic carbocycles. The molecule has 0 saturated carbocycles. The molecule has 1 atom stereocenters. The number of halogens is 1. The number of aliphatic hydroxyl groups is 1. The minimum Gasteiger partial charge on any atom is -0.390 e. The molecule has 1 amide bonds. The average Bonchev–Trinajstić information content (AvgIpc) is 3.43. The minimum atomic E-state index is -0.579. The summed E-state index contributed by atoms with van der Waals surface area (Å²) < 4.78 is 6.64. The van der Waals surface area contributed by atoms with E-state index in [2.05, 4.69) is 20.8 Å². The van der Waals surface area contributed by atoms with E-state index in [0.29, 0.717) is 26.2 Å². The van der Waals surface area contributed by atoms with Crippen LogP contribution in [-0.2, 0) is 31.4 Å². The fourth-order valence-corrected chi connectivity index (χ4v) is 6.60. The Balaban J connectivity index is 1.15. The van der Waals surface area contributed by atoms with Gasteiger partial charge >= 0.3 is 5.69 Å². The third-order valence-corrected chi connectivity index (χ3v) is 9.00. The van der Waals surface area contributed by atoms with E-state index in [1.165, 1.54) is 0 Å². The Morgan fingerprint density at radius 3 is 2.45 bits per heavy atom. The molecule has 6 rings (SSSR count). The van der Waals surface area contributed by atoms with Crippen molar-refractivity contribution < 1.29 is 9.90 Å². The van der Waals surface area contributed by atoms with E-state index in [0.717, 1.165) is 70.4 Å². The zero-order chi connectivity index (χ0) is 28.0. The van der Waals surface area contributed by atoms with Gasteiger partial charge in [-0.1, -0.05) is 40.2 Å². The van der Waals surface area contributed by atoms with Crippen molar-refractivity contribution in [3.63, 3.8) is 0 Å². The lowest BCUT2D eigenvalue weighted by Gasteiger charge is -2.33. The standard InChI is InChI=1S/C30H35BrN6O3/c1-20(38)35-16-13-26-25(19-35)29(21-7-9-22(31)10-8-21)32-36(26)18-24(39)17-34-14-11-23(12-15-34)37-28-6-4-3-5-27(28)33(2)30(37)40/h3-10,23-24,39H,11-19H2,1-2H3. The van der Waals surface area contributed by atoms with E-state index in [9.17, 15) is 14.7 Å². The van der Waals surface area contributed by atoms with Gasteiger partial charge in [-0.15, -0.1) is 0 Å². The third-order valence-electron chi connectivity index (χ3n) is 8.47. The van der Waals surface area contributed by atoms with Crippen LogP contribution in [0.4, 0.5) is 0 Å². The summed E-state index contributed by atoms with van der Waals surface area (Å²) in [4.78, 5) is 29.3. The van der Waals surface area contributed by atoms with E-state index in [-0.39, 0.29) is 17.6 Å². The lowest BCUT2D eigenvalue weighted by atomic mass is 10.0. The molecule has 1 N–H and O–H groups in total. The smallest absolute Gasteiger partial charge is 0.329 e. The molecule has 4 heterocycles. The molecule has 2 aliphatic heterocycles. The molecule has 1 unspecified atom stereocenters. The maximum Gasteiger partial charge on any atom is 0.329 e. The Morgan fingerprint density at radius 1 is 1.05 bits per heavy atom. The van der Waals surface area contributed by atoms with Crippen LogP contribution in [0, 0.1) is 0 Å². The molecule has 0 spiro atoms. The molecule has 210 valence electrons. The Labute approximate surface area is 241 Å². The van der Waals surface area contributed by atoms with E-state index < -0.39 is 6.10 Å². The number of aryl methyl sites for hydroxylation is 1. The van der Waals surface area contributed by atoms with Crippen LogP contribution in [0.1, 0.15) is 37.1 Å². The SMILES string of the molecule is CC(=O)N1CCc2c(c(-c3ccc(Br)cc3)nn2CC(O)CN2CCC(n3c(=O)n(C)c4ccccc43)CC2)C1. The van der Waals surface area contributed by atoms with Gasteiger partial charge in [0, 0.05) is 80.5 Å². The number of aliphatic hydroxyl groups excluding tert-OH is 1. The normalized spacial score (nSPS) is 17.4. The number of carbonyl (C=O) groups is 1. The molecule has 9 nitrogen and oxygen atoms in total. The summed E-state index contributed by atoms with van der Waals surface area (Å²) in [5, 5.41) is 16.1. The highest BCUT2D eigenvalue weighted by molar-refractivity contribution is 9.10. The Hall–Kier alpha value is -3.21. The average molecular weight is 608 g/mol. The number of rotatable bonds is 6. The number of benzene rings is 2. The van der Waals surface area contributed by atoms with Crippen LogP contribution in [0.2, 0.25) is 0 Å². The van der Waals surface area contributed by atoms with Crippen LogP contribution >= 0.6 is 15.9 Å². The maximum absolute atomic E-state index is 13.0. The van der Waals surface area contributed by atoms with Gasteiger partial charge in [0.15, 0.2) is 0 Å². The number of amides is 1. The second-order valence-electron chi connectivity index (χ2n) is 11.0. The molecule has 2 aromatic carbocycles. The summed E-state index contributed by atoms with van der Waals surface area (Å²) in [7, 11) is 1.83. The summed E-state index contributed by atoms with van der Waals surface area (Å²) in [5.41, 5.74) is 6.03. The molecule has 0 bridgehead atoms. The quantitative estimate of drug-likeness (QED) is 0.362. The van der Waals surface area contributed by atoms with Gasteiger partial charge in [-0.2, -0.15) is 5.10 Å². The fourth-order valence-electron chi connectivity index (χ4n) is 6.34. The van der Waals surface area contributed by atoms with Crippen LogP contribution < -0.4 is 5.69 Å². The van der Waals surface area contributed by atoms with Crippen molar-refractivity contribution in [2.24, 2.45) is 7.05 Å². The Kier molecular flexibility index (Phi) is 7.41. The maximum atomic E-state index is 13.0. The topological polar surface area (TPSA) is 88.5 Å².